The van der Waals surface area contributed by atoms with E-state index in [4.69, 9.17) is 10.9 Å². The maximum Gasteiger partial charge on any atom is 0.141 e. The summed E-state index contributed by atoms with van der Waals surface area (Å²) in [6.45, 7) is 0. The summed E-state index contributed by atoms with van der Waals surface area (Å²) in [6.07, 6.45) is 6.37. The topological polar surface area (TPSA) is 70.6 Å². The average Bonchev–Trinajstić information content (AvgIpc) is 2.95. The van der Waals surface area contributed by atoms with Gasteiger partial charge in [0.15, 0.2) is 0 Å². The second-order valence-electron chi connectivity index (χ2n) is 5.29. The van der Waals surface area contributed by atoms with Crippen molar-refractivity contribution in [2.45, 2.75) is 43.0 Å². The molecule has 110 valence electrons. The first kappa shape index (κ1) is 15.2. The number of rotatable bonds is 6. The van der Waals surface area contributed by atoms with E-state index in [1.807, 2.05) is 30.0 Å². The quantitative estimate of drug-likeness (QED) is 0.326. The Morgan fingerprint density at radius 1 is 1.45 bits per heavy atom. The van der Waals surface area contributed by atoms with Crippen LogP contribution in [0.4, 0.5) is 0 Å². The van der Waals surface area contributed by atoms with Crippen molar-refractivity contribution in [1.82, 2.24) is 5.32 Å². The van der Waals surface area contributed by atoms with Gasteiger partial charge in [-0.2, -0.15) is 11.8 Å². The molecule has 1 aliphatic carbocycles. The number of hydrogen-bond donors (Lipinski definition) is 3. The van der Waals surface area contributed by atoms with E-state index in [0.717, 1.165) is 5.25 Å². The summed E-state index contributed by atoms with van der Waals surface area (Å²) in [6, 6.07) is 10.9. The number of nitrogens with two attached hydrogens (primary N) is 1. The molecular weight excluding hydrogens is 270 g/mol. The fourth-order valence-electron chi connectivity index (χ4n) is 2.80. The predicted molar refractivity (Wildman–Crippen MR) is 85.3 cm³/mol. The Bertz CT molecular complexity index is 438. The third kappa shape index (κ3) is 4.15. The highest BCUT2D eigenvalue weighted by atomic mass is 32.2. The van der Waals surface area contributed by atoms with E-state index in [1.165, 1.54) is 24.8 Å². The summed E-state index contributed by atoms with van der Waals surface area (Å²) in [5, 5.41) is 16.3. The molecule has 0 heterocycles. The molecule has 20 heavy (non-hydrogen) atoms. The number of nitrogens with one attached hydrogen (secondary N) is 1. The summed E-state index contributed by atoms with van der Waals surface area (Å²) in [5.74, 6) is 0.269. The van der Waals surface area contributed by atoms with E-state index in [0.29, 0.717) is 12.5 Å². The minimum absolute atomic E-state index is 0.109. The Kier molecular flexibility index (Phi) is 5.73. The van der Waals surface area contributed by atoms with Gasteiger partial charge in [-0.25, -0.2) is 0 Å². The van der Waals surface area contributed by atoms with E-state index in [-0.39, 0.29) is 11.9 Å². The maximum atomic E-state index is 8.80. The van der Waals surface area contributed by atoms with E-state index in [9.17, 15) is 0 Å². The van der Waals surface area contributed by atoms with Crippen molar-refractivity contribution >= 4 is 17.6 Å². The van der Waals surface area contributed by atoms with Crippen LogP contribution in [0.25, 0.3) is 0 Å². The second-order valence-corrected chi connectivity index (χ2v) is 6.43. The van der Waals surface area contributed by atoms with Crippen LogP contribution < -0.4 is 11.1 Å². The zero-order valence-electron chi connectivity index (χ0n) is 11.8. The van der Waals surface area contributed by atoms with Crippen LogP contribution in [0, 0.1) is 0 Å². The monoisotopic (exact) mass is 293 g/mol. The van der Waals surface area contributed by atoms with Gasteiger partial charge >= 0.3 is 0 Å². The van der Waals surface area contributed by atoms with Crippen molar-refractivity contribution in [1.29, 1.82) is 0 Å². The molecule has 0 aromatic heterocycles. The first-order valence-electron chi connectivity index (χ1n) is 7.03. The normalized spacial score (nSPS) is 24.8. The van der Waals surface area contributed by atoms with Gasteiger partial charge in [0.25, 0.3) is 0 Å². The molecule has 5 heteroatoms. The Morgan fingerprint density at radius 2 is 2.20 bits per heavy atom. The molecule has 4 nitrogen and oxygen atoms in total. The summed E-state index contributed by atoms with van der Waals surface area (Å²) in [4.78, 5) is 0. The van der Waals surface area contributed by atoms with Crippen molar-refractivity contribution in [3.8, 4) is 0 Å². The first-order valence-corrected chi connectivity index (χ1v) is 8.32. The van der Waals surface area contributed by atoms with Gasteiger partial charge in [0, 0.05) is 23.8 Å². The van der Waals surface area contributed by atoms with Crippen LogP contribution in [-0.4, -0.2) is 28.6 Å². The van der Waals surface area contributed by atoms with E-state index >= 15 is 0 Å². The van der Waals surface area contributed by atoms with Crippen LogP contribution in [0.1, 0.15) is 37.3 Å². The minimum atomic E-state index is 0.109. The van der Waals surface area contributed by atoms with Crippen molar-refractivity contribution in [3.63, 3.8) is 0 Å². The molecule has 1 fully saturated rings. The molecule has 3 atom stereocenters. The van der Waals surface area contributed by atoms with Crippen molar-refractivity contribution in [3.05, 3.63) is 35.9 Å². The Labute approximate surface area is 124 Å². The lowest BCUT2D eigenvalue weighted by molar-refractivity contribution is 0.315. The molecule has 0 saturated heterocycles. The number of hydrogen-bond acceptors (Lipinski definition) is 4. The third-order valence-electron chi connectivity index (χ3n) is 3.90. The fraction of sp³-hybridized carbons (Fsp3) is 0.533. The highest BCUT2D eigenvalue weighted by molar-refractivity contribution is 7.99. The Morgan fingerprint density at radius 3 is 2.80 bits per heavy atom. The number of benzene rings is 1. The van der Waals surface area contributed by atoms with E-state index in [1.54, 1.807) is 0 Å². The maximum absolute atomic E-state index is 8.80. The Balaban J connectivity index is 2.03. The summed E-state index contributed by atoms with van der Waals surface area (Å²) >= 11 is 1.95. The zero-order valence-corrected chi connectivity index (χ0v) is 12.6. The van der Waals surface area contributed by atoms with Gasteiger partial charge in [-0.1, -0.05) is 35.5 Å². The van der Waals surface area contributed by atoms with Crippen LogP contribution in [0.5, 0.6) is 0 Å². The third-order valence-corrected chi connectivity index (χ3v) is 4.99. The molecule has 0 spiro atoms. The van der Waals surface area contributed by atoms with E-state index < -0.39 is 0 Å². The van der Waals surface area contributed by atoms with Gasteiger partial charge in [-0.3, -0.25) is 0 Å². The fourth-order valence-corrected chi connectivity index (χ4v) is 3.59. The molecule has 0 amide bonds. The SMILES string of the molecule is CSC1CCC(NC(C/C(N)=N/O)c2ccccc2)C1. The van der Waals surface area contributed by atoms with Crippen LogP contribution in [-0.2, 0) is 0 Å². The zero-order chi connectivity index (χ0) is 14.4. The molecule has 1 aromatic rings. The van der Waals surface area contributed by atoms with Crippen molar-refractivity contribution in [2.75, 3.05) is 6.26 Å². The lowest BCUT2D eigenvalue weighted by Gasteiger charge is -2.23. The Hall–Kier alpha value is -1.20. The van der Waals surface area contributed by atoms with Crippen LogP contribution in [0.2, 0.25) is 0 Å². The first-order chi connectivity index (χ1) is 9.72. The van der Waals surface area contributed by atoms with Crippen LogP contribution >= 0.6 is 11.8 Å². The molecular formula is C15H23N3OS. The number of oxime groups is 1. The molecule has 0 bridgehead atoms. The van der Waals surface area contributed by atoms with Crippen LogP contribution in [0.15, 0.2) is 35.5 Å². The van der Waals surface area contributed by atoms with Gasteiger partial charge in [0.05, 0.1) is 0 Å². The summed E-state index contributed by atoms with van der Waals surface area (Å²) in [5.41, 5.74) is 6.88. The number of nitrogens with zero attached hydrogens (tertiary/aromatic N) is 1. The van der Waals surface area contributed by atoms with Gasteiger partial charge < -0.3 is 16.3 Å². The molecule has 2 rings (SSSR count). The lowest BCUT2D eigenvalue weighted by Crippen LogP contribution is -2.34. The van der Waals surface area contributed by atoms with Gasteiger partial charge in [-0.15, -0.1) is 0 Å². The molecule has 1 aromatic carbocycles. The van der Waals surface area contributed by atoms with Crippen molar-refractivity contribution in [2.24, 2.45) is 10.9 Å². The average molecular weight is 293 g/mol. The minimum Gasteiger partial charge on any atom is -0.409 e. The molecule has 1 aliphatic rings. The smallest absolute Gasteiger partial charge is 0.141 e. The largest absolute Gasteiger partial charge is 0.409 e. The van der Waals surface area contributed by atoms with Gasteiger partial charge in [0.2, 0.25) is 0 Å². The molecule has 4 N–H and O–H groups in total. The highest BCUT2D eigenvalue weighted by Crippen LogP contribution is 2.30. The summed E-state index contributed by atoms with van der Waals surface area (Å²) < 4.78 is 0. The van der Waals surface area contributed by atoms with Gasteiger partial charge in [-0.05, 0) is 31.1 Å². The van der Waals surface area contributed by atoms with Gasteiger partial charge in [0.1, 0.15) is 5.84 Å². The lowest BCUT2D eigenvalue weighted by atomic mass is 10.0. The number of thioether (sulfide) groups is 1. The predicted octanol–water partition coefficient (Wildman–Crippen LogP) is 2.74. The highest BCUT2D eigenvalue weighted by Gasteiger charge is 2.26. The molecule has 0 radical (unpaired) electrons. The molecule has 0 aliphatic heterocycles. The second kappa shape index (κ2) is 7.55. The molecule has 1 saturated carbocycles. The van der Waals surface area contributed by atoms with Crippen LogP contribution in [0.3, 0.4) is 0 Å². The van der Waals surface area contributed by atoms with E-state index in [2.05, 4.69) is 28.9 Å². The number of amidine groups is 1. The molecule has 3 unspecified atom stereocenters. The summed E-state index contributed by atoms with van der Waals surface area (Å²) in [7, 11) is 0. The standard InChI is InChI=1S/C15H23N3OS/c1-20-13-8-7-12(9-13)17-14(10-15(16)18-19)11-5-3-2-4-6-11/h2-6,12-14,17,19H,7-10H2,1H3,(H2,16,18). The van der Waals surface area contributed by atoms with Crippen molar-refractivity contribution < 1.29 is 5.21 Å².